The van der Waals surface area contributed by atoms with Gasteiger partial charge in [0.1, 0.15) is 0 Å². The van der Waals surface area contributed by atoms with Crippen LogP contribution in [0.3, 0.4) is 0 Å². The Morgan fingerprint density at radius 2 is 2.00 bits per heavy atom. The molecule has 15 heavy (non-hydrogen) atoms. The third-order valence-corrected chi connectivity index (χ3v) is 3.28. The normalized spacial score (nSPS) is 13.6. The zero-order valence-electron chi connectivity index (χ0n) is 7.78. The highest BCUT2D eigenvalue weighted by Gasteiger charge is 2.09. The van der Waals surface area contributed by atoms with E-state index in [1.54, 1.807) is 0 Å². The van der Waals surface area contributed by atoms with Crippen LogP contribution >= 0.6 is 0 Å². The fraction of sp³-hybridized carbons (Fsp3) is 0.125. The SMILES string of the molecule is CS(=O)(=NC#N)c1ccc([N+](=O)[O-])cc1. The molecule has 1 aromatic rings. The Bertz CT molecular complexity index is 535. The molecule has 0 amide bonds. The number of nitrogens with zero attached hydrogens (tertiary/aromatic N) is 3. The molecule has 78 valence electrons. The zero-order valence-corrected chi connectivity index (χ0v) is 8.60. The summed E-state index contributed by atoms with van der Waals surface area (Å²) in [4.78, 5) is 10.1. The first-order valence-electron chi connectivity index (χ1n) is 3.82. The lowest BCUT2D eigenvalue weighted by Gasteiger charge is -2.00. The maximum atomic E-state index is 11.7. The summed E-state index contributed by atoms with van der Waals surface area (Å²) in [6.07, 6.45) is 2.76. The van der Waals surface area contributed by atoms with E-state index in [2.05, 4.69) is 4.36 Å². The zero-order chi connectivity index (χ0) is 11.5. The molecule has 0 aliphatic heterocycles. The highest BCUT2D eigenvalue weighted by molar-refractivity contribution is 7.93. The lowest BCUT2D eigenvalue weighted by atomic mass is 10.3. The lowest BCUT2D eigenvalue weighted by molar-refractivity contribution is -0.384. The quantitative estimate of drug-likeness (QED) is 0.433. The Hall–Kier alpha value is -1.94. The number of rotatable bonds is 2. The molecule has 1 rings (SSSR count). The van der Waals surface area contributed by atoms with Crippen LogP contribution in [0.1, 0.15) is 0 Å². The van der Waals surface area contributed by atoms with Gasteiger partial charge in [-0.2, -0.15) is 5.26 Å². The predicted octanol–water partition coefficient (Wildman–Crippen LogP) is 1.53. The van der Waals surface area contributed by atoms with Gasteiger partial charge in [0.25, 0.3) is 5.69 Å². The highest BCUT2D eigenvalue weighted by Crippen LogP contribution is 2.16. The van der Waals surface area contributed by atoms with Gasteiger partial charge in [0.15, 0.2) is 0 Å². The van der Waals surface area contributed by atoms with Crippen LogP contribution in [0.5, 0.6) is 0 Å². The smallest absolute Gasteiger partial charge is 0.258 e. The molecule has 0 aliphatic carbocycles. The molecule has 0 aromatic heterocycles. The van der Waals surface area contributed by atoms with Gasteiger partial charge in [-0.05, 0) is 12.1 Å². The molecule has 0 bridgehead atoms. The topological polar surface area (TPSA) is 96.4 Å². The van der Waals surface area contributed by atoms with E-state index >= 15 is 0 Å². The van der Waals surface area contributed by atoms with E-state index in [0.29, 0.717) is 4.90 Å². The molecule has 1 unspecified atom stereocenters. The largest absolute Gasteiger partial charge is 0.269 e. The molecule has 0 aliphatic rings. The number of benzene rings is 1. The first kappa shape index (κ1) is 11.1. The van der Waals surface area contributed by atoms with Crippen LogP contribution in [-0.2, 0) is 9.73 Å². The van der Waals surface area contributed by atoms with E-state index in [-0.39, 0.29) is 5.69 Å². The summed E-state index contributed by atoms with van der Waals surface area (Å²) >= 11 is 0. The van der Waals surface area contributed by atoms with Gasteiger partial charge >= 0.3 is 0 Å². The average molecular weight is 225 g/mol. The van der Waals surface area contributed by atoms with Crippen molar-refractivity contribution in [3.63, 3.8) is 0 Å². The van der Waals surface area contributed by atoms with Crippen molar-refractivity contribution < 1.29 is 9.13 Å². The second kappa shape index (κ2) is 4.06. The van der Waals surface area contributed by atoms with E-state index in [1.807, 2.05) is 0 Å². The monoisotopic (exact) mass is 225 g/mol. The van der Waals surface area contributed by atoms with Crippen molar-refractivity contribution in [1.29, 1.82) is 5.26 Å². The Morgan fingerprint density at radius 3 is 2.40 bits per heavy atom. The number of non-ortho nitro benzene ring substituents is 1. The van der Waals surface area contributed by atoms with E-state index in [1.165, 1.54) is 36.7 Å². The van der Waals surface area contributed by atoms with Crippen LogP contribution in [0.15, 0.2) is 33.5 Å². The van der Waals surface area contributed by atoms with Crippen LogP contribution in [0, 0.1) is 21.6 Å². The van der Waals surface area contributed by atoms with Crippen molar-refractivity contribution in [2.24, 2.45) is 4.36 Å². The molecule has 7 heteroatoms. The maximum Gasteiger partial charge on any atom is 0.269 e. The lowest BCUT2D eigenvalue weighted by Crippen LogP contribution is -1.97. The van der Waals surface area contributed by atoms with Crippen molar-refractivity contribution in [2.75, 3.05) is 6.26 Å². The number of hydrogen-bond donors (Lipinski definition) is 0. The summed E-state index contributed by atoms with van der Waals surface area (Å²) in [5.41, 5.74) is -0.0918. The highest BCUT2D eigenvalue weighted by atomic mass is 32.2. The summed E-state index contributed by atoms with van der Waals surface area (Å²) < 4.78 is 15.0. The van der Waals surface area contributed by atoms with Crippen LogP contribution in [0.2, 0.25) is 0 Å². The number of hydrogen-bond acceptors (Lipinski definition) is 5. The van der Waals surface area contributed by atoms with Crippen LogP contribution in [-0.4, -0.2) is 15.4 Å². The van der Waals surface area contributed by atoms with Gasteiger partial charge in [0.05, 0.1) is 14.7 Å². The Morgan fingerprint density at radius 1 is 1.47 bits per heavy atom. The van der Waals surface area contributed by atoms with Crippen molar-refractivity contribution in [1.82, 2.24) is 0 Å². The van der Waals surface area contributed by atoms with E-state index in [4.69, 9.17) is 5.26 Å². The summed E-state index contributed by atoms with van der Waals surface area (Å²) in [7, 11) is -2.76. The molecule has 0 fully saturated rings. The molecular weight excluding hydrogens is 218 g/mol. The summed E-state index contributed by atoms with van der Waals surface area (Å²) in [5, 5.41) is 18.6. The predicted molar refractivity (Wildman–Crippen MR) is 53.5 cm³/mol. The Balaban J connectivity index is 3.23. The van der Waals surface area contributed by atoms with Gasteiger partial charge in [0.2, 0.25) is 6.19 Å². The first-order chi connectivity index (χ1) is 6.97. The van der Waals surface area contributed by atoms with E-state index < -0.39 is 14.7 Å². The molecule has 1 aromatic carbocycles. The standard InChI is InChI=1S/C8H7N3O3S/c1-15(14,10-6-9)8-4-2-7(3-5-8)11(12)13/h2-5H,1H3. The number of nitro benzene ring substituents is 1. The molecule has 0 N–H and O–H groups in total. The second-order valence-corrected chi connectivity index (χ2v) is 5.00. The minimum absolute atomic E-state index is 0.0918. The van der Waals surface area contributed by atoms with Crippen LogP contribution < -0.4 is 0 Å². The number of nitro groups is 1. The van der Waals surface area contributed by atoms with Gasteiger partial charge in [-0.1, -0.05) is 0 Å². The van der Waals surface area contributed by atoms with Crippen molar-refractivity contribution in [3.05, 3.63) is 34.4 Å². The van der Waals surface area contributed by atoms with E-state index in [0.717, 1.165) is 0 Å². The molecule has 6 nitrogen and oxygen atoms in total. The van der Waals surface area contributed by atoms with Crippen LogP contribution in [0.4, 0.5) is 5.69 Å². The van der Waals surface area contributed by atoms with Crippen molar-refractivity contribution in [3.8, 4) is 6.19 Å². The molecule has 1 atom stereocenters. The van der Waals surface area contributed by atoms with E-state index in [9.17, 15) is 14.3 Å². The Labute approximate surface area is 86.5 Å². The summed E-state index contributed by atoms with van der Waals surface area (Å²) in [6.45, 7) is 0. The number of nitriles is 1. The fourth-order valence-corrected chi connectivity index (χ4v) is 1.85. The Kier molecular flexibility index (Phi) is 3.01. The molecular formula is C8H7N3O3S. The minimum atomic E-state index is -2.76. The van der Waals surface area contributed by atoms with Crippen molar-refractivity contribution >= 4 is 15.4 Å². The first-order valence-corrected chi connectivity index (χ1v) is 5.74. The van der Waals surface area contributed by atoms with Gasteiger partial charge < -0.3 is 0 Å². The van der Waals surface area contributed by atoms with Gasteiger partial charge in [0, 0.05) is 23.3 Å². The average Bonchev–Trinajstić information content (AvgIpc) is 2.18. The van der Waals surface area contributed by atoms with Gasteiger partial charge in [-0.3, -0.25) is 10.1 Å². The molecule has 0 spiro atoms. The molecule has 0 radical (unpaired) electrons. The summed E-state index contributed by atoms with van der Waals surface area (Å²) in [6, 6.07) is 5.12. The second-order valence-electron chi connectivity index (χ2n) is 2.74. The third kappa shape index (κ3) is 2.51. The molecule has 0 heterocycles. The van der Waals surface area contributed by atoms with Gasteiger partial charge in [-0.25, -0.2) is 4.21 Å². The molecule has 0 saturated heterocycles. The van der Waals surface area contributed by atoms with Gasteiger partial charge in [-0.15, -0.1) is 4.36 Å². The fourth-order valence-electron chi connectivity index (χ4n) is 0.951. The minimum Gasteiger partial charge on any atom is -0.258 e. The third-order valence-electron chi connectivity index (χ3n) is 1.70. The molecule has 0 saturated carbocycles. The van der Waals surface area contributed by atoms with Crippen molar-refractivity contribution in [2.45, 2.75) is 4.90 Å². The summed E-state index contributed by atoms with van der Waals surface area (Å²) in [5.74, 6) is 0. The maximum absolute atomic E-state index is 11.7. The van der Waals surface area contributed by atoms with Crippen LogP contribution in [0.25, 0.3) is 0 Å².